The molecule has 3 saturated heterocycles. The van der Waals surface area contributed by atoms with Crippen LogP contribution in [0.3, 0.4) is 0 Å². The molecular weight excluding hydrogens is 705 g/mol. The summed E-state index contributed by atoms with van der Waals surface area (Å²) in [5.41, 5.74) is 4.62. The highest BCUT2D eigenvalue weighted by Crippen LogP contribution is 2.42. The number of hydrazine groups is 1. The molecule has 6 rings (SSSR count). The number of carbonyl (C=O) groups excluding carboxylic acids is 3. The summed E-state index contributed by atoms with van der Waals surface area (Å²) in [4.78, 5) is 46.6. The lowest BCUT2D eigenvalue weighted by atomic mass is 9.71. The van der Waals surface area contributed by atoms with Gasteiger partial charge in [-0.1, -0.05) is 42.5 Å². The predicted molar refractivity (Wildman–Crippen MR) is 206 cm³/mol. The molecule has 0 bridgehead atoms. The van der Waals surface area contributed by atoms with Crippen LogP contribution in [0.15, 0.2) is 66.7 Å². The Kier molecular flexibility index (Phi) is 12.9. The second-order valence-corrected chi connectivity index (χ2v) is 14.7. The SMILES string of the molecule is CCOC(=O)CN1CCN(NC(=O)C2(c3ccccc3)CCN(CCC3(c4ccc(F)cc4)CCN(C(=O)c4cc(OC)c(OC)c(OC)c4)C3)CC2)CC1. The van der Waals surface area contributed by atoms with Crippen LogP contribution in [-0.2, 0) is 25.2 Å². The Hall–Kier alpha value is -4.72. The Morgan fingerprint density at radius 1 is 0.764 bits per heavy atom. The number of hydrogen-bond acceptors (Lipinski definition) is 10. The number of likely N-dealkylation sites (tertiary alicyclic amines) is 2. The summed E-state index contributed by atoms with van der Waals surface area (Å²) in [5, 5.41) is 1.97. The minimum atomic E-state index is -0.689. The van der Waals surface area contributed by atoms with Crippen molar-refractivity contribution in [2.45, 2.75) is 43.4 Å². The number of benzene rings is 3. The van der Waals surface area contributed by atoms with E-state index in [1.807, 2.05) is 52.4 Å². The van der Waals surface area contributed by atoms with Crippen molar-refractivity contribution in [2.75, 3.05) is 93.4 Å². The smallest absolute Gasteiger partial charge is 0.320 e. The first-order valence-electron chi connectivity index (χ1n) is 19.2. The van der Waals surface area contributed by atoms with Crippen LogP contribution in [-0.4, -0.2) is 131 Å². The molecule has 1 N–H and O–H groups in total. The van der Waals surface area contributed by atoms with Crippen molar-refractivity contribution in [1.29, 1.82) is 0 Å². The molecule has 3 fully saturated rings. The average Bonchev–Trinajstić information content (AvgIpc) is 3.66. The molecule has 0 radical (unpaired) electrons. The van der Waals surface area contributed by atoms with Gasteiger partial charge in [0, 0.05) is 50.2 Å². The number of methoxy groups -OCH3 is 3. The average molecular weight is 760 g/mol. The van der Waals surface area contributed by atoms with Gasteiger partial charge in [-0.15, -0.1) is 0 Å². The van der Waals surface area contributed by atoms with Gasteiger partial charge in [0.1, 0.15) is 5.82 Å². The van der Waals surface area contributed by atoms with Crippen molar-refractivity contribution >= 4 is 17.8 Å². The van der Waals surface area contributed by atoms with Gasteiger partial charge in [0.05, 0.1) is 39.9 Å². The second-order valence-electron chi connectivity index (χ2n) is 14.7. The number of piperazine rings is 1. The summed E-state index contributed by atoms with van der Waals surface area (Å²) in [6, 6.07) is 20.1. The van der Waals surface area contributed by atoms with E-state index >= 15 is 0 Å². The lowest BCUT2D eigenvalue weighted by molar-refractivity contribution is -0.145. The zero-order valence-electron chi connectivity index (χ0n) is 32.5. The molecule has 2 amide bonds. The van der Waals surface area contributed by atoms with Crippen LogP contribution < -0.4 is 19.6 Å². The van der Waals surface area contributed by atoms with E-state index in [4.69, 9.17) is 18.9 Å². The fourth-order valence-corrected chi connectivity index (χ4v) is 8.41. The van der Waals surface area contributed by atoms with E-state index in [0.29, 0.717) is 81.5 Å². The molecule has 3 aromatic carbocycles. The largest absolute Gasteiger partial charge is 0.493 e. The number of nitrogens with zero attached hydrogens (tertiary/aromatic N) is 4. The molecule has 0 spiro atoms. The van der Waals surface area contributed by atoms with Gasteiger partial charge in [-0.25, -0.2) is 9.40 Å². The summed E-state index contributed by atoms with van der Waals surface area (Å²) in [6.07, 6.45) is 2.80. The summed E-state index contributed by atoms with van der Waals surface area (Å²) in [7, 11) is 4.58. The molecule has 3 heterocycles. The van der Waals surface area contributed by atoms with Gasteiger partial charge >= 0.3 is 5.97 Å². The van der Waals surface area contributed by atoms with Gasteiger partial charge in [0.2, 0.25) is 11.7 Å². The van der Waals surface area contributed by atoms with E-state index in [-0.39, 0.29) is 35.6 Å². The van der Waals surface area contributed by atoms with E-state index in [9.17, 15) is 18.8 Å². The van der Waals surface area contributed by atoms with E-state index in [1.165, 1.54) is 33.5 Å². The Balaban J connectivity index is 1.13. The summed E-state index contributed by atoms with van der Waals surface area (Å²) < 4.78 is 35.8. The third kappa shape index (κ3) is 8.90. The van der Waals surface area contributed by atoms with Crippen molar-refractivity contribution in [1.82, 2.24) is 25.1 Å². The van der Waals surface area contributed by atoms with Crippen LogP contribution >= 0.6 is 0 Å². The molecule has 1 atom stereocenters. The number of halogens is 1. The summed E-state index contributed by atoms with van der Waals surface area (Å²) in [6.45, 7) is 8.21. The molecule has 0 aliphatic carbocycles. The normalized spacial score (nSPS) is 20.5. The van der Waals surface area contributed by atoms with E-state index in [2.05, 4.69) is 15.2 Å². The number of esters is 1. The zero-order valence-corrected chi connectivity index (χ0v) is 32.5. The number of piperidine rings is 1. The number of amides is 2. The quantitative estimate of drug-likeness (QED) is 0.239. The van der Waals surface area contributed by atoms with Gasteiger partial charge in [0.25, 0.3) is 5.91 Å². The van der Waals surface area contributed by atoms with Crippen molar-refractivity contribution in [3.8, 4) is 17.2 Å². The van der Waals surface area contributed by atoms with Crippen molar-refractivity contribution in [3.63, 3.8) is 0 Å². The fourth-order valence-electron chi connectivity index (χ4n) is 8.41. The molecule has 0 saturated carbocycles. The third-order valence-corrected chi connectivity index (χ3v) is 11.7. The van der Waals surface area contributed by atoms with Crippen LogP contribution in [0.5, 0.6) is 17.2 Å². The molecule has 3 aliphatic heterocycles. The van der Waals surface area contributed by atoms with Crippen LogP contribution in [0.25, 0.3) is 0 Å². The van der Waals surface area contributed by atoms with Crippen LogP contribution in [0.4, 0.5) is 4.39 Å². The van der Waals surface area contributed by atoms with E-state index in [1.54, 1.807) is 19.1 Å². The molecule has 55 heavy (non-hydrogen) atoms. The second kappa shape index (κ2) is 17.8. The van der Waals surface area contributed by atoms with Gasteiger partial charge < -0.3 is 28.7 Å². The number of rotatable bonds is 14. The number of carbonyl (C=O) groups is 3. The van der Waals surface area contributed by atoms with Crippen LogP contribution in [0.2, 0.25) is 0 Å². The lowest BCUT2D eigenvalue weighted by Gasteiger charge is -2.43. The standard InChI is InChI=1S/C42H54FN5O7/c1-5-55-37(49)29-46-23-25-48(26-24-46)44-40(51)42(33-9-7-6-8-10-33)17-20-45(21-18-42)19-15-41(32-11-13-34(43)14-12-32)16-22-47(30-41)39(50)31-27-35(52-2)38(54-4)36(28-31)53-3/h6-14,27-28H,5,15-26,29-30H2,1-4H3,(H,44,51). The van der Waals surface area contributed by atoms with E-state index < -0.39 is 5.41 Å². The topological polar surface area (TPSA) is 113 Å². The van der Waals surface area contributed by atoms with Crippen molar-refractivity contribution < 1.29 is 37.7 Å². The maximum Gasteiger partial charge on any atom is 0.320 e. The minimum absolute atomic E-state index is 0.00304. The van der Waals surface area contributed by atoms with Gasteiger partial charge in [-0.05, 0) is 87.6 Å². The van der Waals surface area contributed by atoms with Gasteiger partial charge in [-0.2, -0.15) is 0 Å². The maximum absolute atomic E-state index is 14.3. The molecule has 296 valence electrons. The van der Waals surface area contributed by atoms with Crippen LogP contribution in [0.1, 0.15) is 54.1 Å². The molecule has 0 aromatic heterocycles. The fraction of sp³-hybridized carbons (Fsp3) is 0.500. The highest BCUT2D eigenvalue weighted by molar-refractivity contribution is 5.96. The Labute approximate surface area is 323 Å². The maximum atomic E-state index is 14.3. The molecule has 3 aliphatic rings. The Morgan fingerprint density at radius 3 is 2.02 bits per heavy atom. The Bertz CT molecular complexity index is 1750. The summed E-state index contributed by atoms with van der Waals surface area (Å²) >= 11 is 0. The van der Waals surface area contributed by atoms with Crippen molar-refractivity contribution in [3.05, 3.63) is 89.2 Å². The molecule has 3 aromatic rings. The monoisotopic (exact) mass is 759 g/mol. The highest BCUT2D eigenvalue weighted by Gasteiger charge is 2.45. The summed E-state index contributed by atoms with van der Waals surface area (Å²) in [5.74, 6) is 0.572. The van der Waals surface area contributed by atoms with Crippen molar-refractivity contribution in [2.24, 2.45) is 0 Å². The van der Waals surface area contributed by atoms with Gasteiger partial charge in [0.15, 0.2) is 11.5 Å². The first kappa shape index (κ1) is 40.0. The molecule has 13 heteroatoms. The number of hydrogen-bond donors (Lipinski definition) is 1. The molecule has 12 nitrogen and oxygen atoms in total. The Morgan fingerprint density at radius 2 is 1.42 bits per heavy atom. The third-order valence-electron chi connectivity index (χ3n) is 11.7. The minimum Gasteiger partial charge on any atom is -0.493 e. The lowest BCUT2D eigenvalue weighted by Crippen LogP contribution is -2.59. The first-order valence-corrected chi connectivity index (χ1v) is 19.2. The first-order chi connectivity index (χ1) is 26.6. The highest BCUT2D eigenvalue weighted by atomic mass is 19.1. The number of ether oxygens (including phenoxy) is 4. The zero-order chi connectivity index (χ0) is 39.0. The number of nitrogens with one attached hydrogen (secondary N) is 1. The van der Waals surface area contributed by atoms with Crippen LogP contribution in [0, 0.1) is 5.82 Å². The van der Waals surface area contributed by atoms with E-state index in [0.717, 1.165) is 43.6 Å². The molecule has 1 unspecified atom stereocenters. The van der Waals surface area contributed by atoms with Gasteiger partial charge in [-0.3, -0.25) is 24.7 Å². The predicted octanol–water partition coefficient (Wildman–Crippen LogP) is 4.27. The molecular formula is C42H54FN5O7.